The summed E-state index contributed by atoms with van der Waals surface area (Å²) in [6.45, 7) is 4.14. The summed E-state index contributed by atoms with van der Waals surface area (Å²) < 4.78 is 0.843. The molecule has 2 nitrogen and oxygen atoms in total. The van der Waals surface area contributed by atoms with Crippen molar-refractivity contribution < 1.29 is 0 Å². The molecule has 3 heteroatoms. The molecule has 16 heavy (non-hydrogen) atoms. The molecule has 0 aliphatic carbocycles. The predicted octanol–water partition coefficient (Wildman–Crippen LogP) is 3.78. The lowest BCUT2D eigenvalue weighted by Crippen LogP contribution is -1.95. The number of aryl methyl sites for hydroxylation is 2. The van der Waals surface area contributed by atoms with Crippen molar-refractivity contribution in [1.82, 2.24) is 9.97 Å². The fourth-order valence-electron chi connectivity index (χ4n) is 1.58. The summed E-state index contributed by atoms with van der Waals surface area (Å²) >= 11 is 3.42. The molecule has 0 aliphatic rings. The van der Waals surface area contributed by atoms with Crippen LogP contribution < -0.4 is 0 Å². The number of benzene rings is 1. The molecule has 0 saturated carbocycles. The van der Waals surface area contributed by atoms with Gasteiger partial charge >= 0.3 is 0 Å². The van der Waals surface area contributed by atoms with Crippen molar-refractivity contribution in [2.45, 2.75) is 20.3 Å². The Balaban J connectivity index is 2.51. The van der Waals surface area contributed by atoms with Crippen LogP contribution in [0.15, 0.2) is 34.9 Å². The number of rotatable bonds is 2. The van der Waals surface area contributed by atoms with Crippen LogP contribution in [0.2, 0.25) is 0 Å². The van der Waals surface area contributed by atoms with Gasteiger partial charge in [0.25, 0.3) is 0 Å². The maximum absolute atomic E-state index is 4.52. The van der Waals surface area contributed by atoms with Crippen LogP contribution in [0, 0.1) is 6.92 Å². The lowest BCUT2D eigenvalue weighted by molar-refractivity contribution is 0.931. The standard InChI is InChI=1S/C13H13BrN2/c1-3-13-15-11(8-12(14)16-13)10-6-4-5-9(2)7-10/h4-8H,3H2,1-2H3. The van der Waals surface area contributed by atoms with Gasteiger partial charge in [-0.15, -0.1) is 0 Å². The van der Waals surface area contributed by atoms with Crippen LogP contribution in [0.3, 0.4) is 0 Å². The van der Waals surface area contributed by atoms with Crippen molar-refractivity contribution in [1.29, 1.82) is 0 Å². The van der Waals surface area contributed by atoms with Gasteiger partial charge in [0, 0.05) is 12.0 Å². The van der Waals surface area contributed by atoms with Gasteiger partial charge in [0.1, 0.15) is 10.4 Å². The first-order valence-electron chi connectivity index (χ1n) is 5.29. The minimum absolute atomic E-state index is 0.843. The highest BCUT2D eigenvalue weighted by Crippen LogP contribution is 2.21. The van der Waals surface area contributed by atoms with E-state index in [4.69, 9.17) is 0 Å². The molecule has 0 amide bonds. The number of halogens is 1. The minimum atomic E-state index is 0.843. The Morgan fingerprint density at radius 1 is 1.19 bits per heavy atom. The van der Waals surface area contributed by atoms with Crippen molar-refractivity contribution in [2.75, 3.05) is 0 Å². The molecular weight excluding hydrogens is 264 g/mol. The smallest absolute Gasteiger partial charge is 0.130 e. The molecule has 1 aromatic heterocycles. The van der Waals surface area contributed by atoms with E-state index in [0.717, 1.165) is 28.1 Å². The molecule has 0 aliphatic heterocycles. The van der Waals surface area contributed by atoms with Crippen molar-refractivity contribution in [3.05, 3.63) is 46.3 Å². The molecule has 0 radical (unpaired) electrons. The molecule has 0 bridgehead atoms. The first-order valence-corrected chi connectivity index (χ1v) is 6.09. The van der Waals surface area contributed by atoms with E-state index in [1.54, 1.807) is 0 Å². The van der Waals surface area contributed by atoms with E-state index in [1.807, 2.05) is 12.1 Å². The third-order valence-corrected chi connectivity index (χ3v) is 2.78. The Morgan fingerprint density at radius 2 is 2.00 bits per heavy atom. The minimum Gasteiger partial charge on any atom is -0.233 e. The third kappa shape index (κ3) is 2.47. The Bertz CT molecular complexity index is 509. The van der Waals surface area contributed by atoms with Crippen LogP contribution >= 0.6 is 15.9 Å². The van der Waals surface area contributed by atoms with Gasteiger partial charge in [-0.2, -0.15) is 0 Å². The van der Waals surface area contributed by atoms with E-state index in [0.29, 0.717) is 0 Å². The number of hydrogen-bond donors (Lipinski definition) is 0. The molecule has 0 N–H and O–H groups in total. The first-order chi connectivity index (χ1) is 7.69. The topological polar surface area (TPSA) is 25.8 Å². The van der Waals surface area contributed by atoms with Gasteiger partial charge in [-0.25, -0.2) is 9.97 Å². The average molecular weight is 277 g/mol. The Kier molecular flexibility index (Phi) is 3.34. The highest BCUT2D eigenvalue weighted by Gasteiger charge is 2.04. The Labute approximate surface area is 104 Å². The zero-order valence-electron chi connectivity index (χ0n) is 9.37. The molecule has 0 spiro atoms. The zero-order chi connectivity index (χ0) is 11.5. The van der Waals surface area contributed by atoms with Crippen LogP contribution in [0.5, 0.6) is 0 Å². The normalized spacial score (nSPS) is 10.4. The predicted molar refractivity (Wildman–Crippen MR) is 69.3 cm³/mol. The molecule has 1 heterocycles. The second kappa shape index (κ2) is 4.74. The van der Waals surface area contributed by atoms with Crippen LogP contribution in [-0.4, -0.2) is 9.97 Å². The van der Waals surface area contributed by atoms with E-state index in [-0.39, 0.29) is 0 Å². The zero-order valence-corrected chi connectivity index (χ0v) is 11.0. The third-order valence-electron chi connectivity index (χ3n) is 2.37. The van der Waals surface area contributed by atoms with Crippen molar-refractivity contribution in [2.24, 2.45) is 0 Å². The van der Waals surface area contributed by atoms with Gasteiger partial charge in [0.05, 0.1) is 5.69 Å². The summed E-state index contributed by atoms with van der Waals surface area (Å²) in [7, 11) is 0. The van der Waals surface area contributed by atoms with Gasteiger partial charge in [0.2, 0.25) is 0 Å². The van der Waals surface area contributed by atoms with Crippen molar-refractivity contribution >= 4 is 15.9 Å². The van der Waals surface area contributed by atoms with E-state index in [1.165, 1.54) is 5.56 Å². The van der Waals surface area contributed by atoms with Crippen molar-refractivity contribution in [3.8, 4) is 11.3 Å². The fourth-order valence-corrected chi connectivity index (χ4v) is 2.00. The van der Waals surface area contributed by atoms with E-state index in [9.17, 15) is 0 Å². The molecule has 0 fully saturated rings. The maximum Gasteiger partial charge on any atom is 0.130 e. The first kappa shape index (κ1) is 11.3. The van der Waals surface area contributed by atoms with Gasteiger partial charge in [-0.05, 0) is 35.0 Å². The lowest BCUT2D eigenvalue weighted by atomic mass is 10.1. The van der Waals surface area contributed by atoms with Gasteiger partial charge in [-0.3, -0.25) is 0 Å². The molecule has 0 atom stereocenters. The Hall–Kier alpha value is -1.22. The van der Waals surface area contributed by atoms with Gasteiger partial charge < -0.3 is 0 Å². The second-order valence-electron chi connectivity index (χ2n) is 3.72. The van der Waals surface area contributed by atoms with E-state index < -0.39 is 0 Å². The summed E-state index contributed by atoms with van der Waals surface area (Å²) in [5.74, 6) is 0.867. The monoisotopic (exact) mass is 276 g/mol. The van der Waals surface area contributed by atoms with Crippen LogP contribution in [0.25, 0.3) is 11.3 Å². The summed E-state index contributed by atoms with van der Waals surface area (Å²) in [6, 6.07) is 10.3. The van der Waals surface area contributed by atoms with Crippen LogP contribution in [0.4, 0.5) is 0 Å². The molecule has 1 aromatic carbocycles. The Morgan fingerprint density at radius 3 is 2.69 bits per heavy atom. The highest BCUT2D eigenvalue weighted by molar-refractivity contribution is 9.10. The van der Waals surface area contributed by atoms with Gasteiger partial charge in [-0.1, -0.05) is 30.7 Å². The maximum atomic E-state index is 4.52. The fraction of sp³-hybridized carbons (Fsp3) is 0.231. The van der Waals surface area contributed by atoms with Crippen LogP contribution in [0.1, 0.15) is 18.3 Å². The van der Waals surface area contributed by atoms with E-state index >= 15 is 0 Å². The van der Waals surface area contributed by atoms with Gasteiger partial charge in [0.15, 0.2) is 0 Å². The SMILES string of the molecule is CCc1nc(Br)cc(-c2cccc(C)c2)n1. The summed E-state index contributed by atoms with van der Waals surface area (Å²) in [6.07, 6.45) is 0.845. The second-order valence-corrected chi connectivity index (χ2v) is 4.53. The lowest BCUT2D eigenvalue weighted by Gasteiger charge is -2.04. The largest absolute Gasteiger partial charge is 0.233 e. The molecule has 2 rings (SSSR count). The quantitative estimate of drug-likeness (QED) is 0.781. The highest BCUT2D eigenvalue weighted by atomic mass is 79.9. The van der Waals surface area contributed by atoms with Crippen LogP contribution in [-0.2, 0) is 6.42 Å². The molecular formula is C13H13BrN2. The number of aromatic nitrogens is 2. The molecule has 82 valence electrons. The van der Waals surface area contributed by atoms with Crippen molar-refractivity contribution in [3.63, 3.8) is 0 Å². The molecule has 0 unspecified atom stereocenters. The van der Waals surface area contributed by atoms with E-state index in [2.05, 4.69) is 57.9 Å². The summed E-state index contributed by atoms with van der Waals surface area (Å²) in [4.78, 5) is 8.83. The summed E-state index contributed by atoms with van der Waals surface area (Å²) in [5, 5.41) is 0. The number of nitrogens with zero attached hydrogens (tertiary/aromatic N) is 2. The number of hydrogen-bond acceptors (Lipinski definition) is 2. The molecule has 0 saturated heterocycles. The summed E-state index contributed by atoms with van der Waals surface area (Å²) in [5.41, 5.74) is 3.35. The molecule has 2 aromatic rings. The average Bonchev–Trinajstić information content (AvgIpc) is 2.28.